The van der Waals surface area contributed by atoms with E-state index in [0.717, 1.165) is 69.6 Å². The molecule has 0 amide bonds. The predicted octanol–water partition coefficient (Wildman–Crippen LogP) is 20.0. The van der Waals surface area contributed by atoms with Crippen LogP contribution in [-0.2, 0) is 28.6 Å². The Balaban J connectivity index is 4.21. The third-order valence-corrected chi connectivity index (χ3v) is 14.3. The van der Waals surface area contributed by atoms with E-state index in [-0.39, 0.29) is 31.1 Å². The van der Waals surface area contributed by atoms with E-state index in [0.29, 0.717) is 19.3 Å². The Morgan fingerprint density at radius 2 is 0.567 bits per heavy atom. The minimum atomic E-state index is -0.762. The minimum Gasteiger partial charge on any atom is -0.462 e. The van der Waals surface area contributed by atoms with Gasteiger partial charge in [-0.15, -0.1) is 0 Å². The Kier molecular flexibility index (Phi) is 52.5. The molecule has 67 heavy (non-hydrogen) atoms. The highest BCUT2D eigenvalue weighted by molar-refractivity contribution is 5.71. The summed E-state index contributed by atoms with van der Waals surface area (Å²) in [6.07, 6.45) is 58.1. The highest BCUT2D eigenvalue weighted by atomic mass is 16.6. The van der Waals surface area contributed by atoms with Gasteiger partial charge in [-0.05, 0) is 31.1 Å². The quantitative estimate of drug-likeness (QED) is 0.0343. The first kappa shape index (κ1) is 65.4. The number of ether oxygens (including phenoxy) is 3. The standard InChI is InChI=1S/C61H118O6/c1-6-8-9-10-11-12-31-36-41-46-51-59(62)65-54-58(67-61(64)53-48-43-38-33-28-24-20-19-22-26-30-35-40-45-50-57(5)7-2)55-66-60(63)52-47-42-37-32-27-23-18-16-14-13-15-17-21-25-29-34-39-44-49-56(3)4/h56-58H,6-55H2,1-5H3/t57?,58-/m1/s1. The first-order valence-electron chi connectivity index (χ1n) is 30.3. The molecule has 0 rings (SSSR count). The Labute approximate surface area is 418 Å². The van der Waals surface area contributed by atoms with Gasteiger partial charge in [0.2, 0.25) is 0 Å². The Morgan fingerprint density at radius 3 is 0.851 bits per heavy atom. The SMILES string of the molecule is CCCCCCCCCCCCC(=O)OC[C@H](COC(=O)CCCCCCCCCCCCCCCCCCCCC(C)C)OC(=O)CCCCCCCCCCCCCCCCC(C)CC. The molecular formula is C61H118O6. The molecule has 2 atom stereocenters. The zero-order valence-corrected chi connectivity index (χ0v) is 46.0. The molecule has 0 aliphatic rings. The molecule has 0 N–H and O–H groups in total. The summed E-state index contributed by atoms with van der Waals surface area (Å²) in [6.45, 7) is 11.5. The fourth-order valence-electron chi connectivity index (χ4n) is 9.37. The van der Waals surface area contributed by atoms with Crippen LogP contribution in [0.2, 0.25) is 0 Å². The van der Waals surface area contributed by atoms with Gasteiger partial charge >= 0.3 is 17.9 Å². The maximum atomic E-state index is 12.9. The fourth-order valence-corrected chi connectivity index (χ4v) is 9.37. The van der Waals surface area contributed by atoms with Gasteiger partial charge in [0.25, 0.3) is 0 Å². The lowest BCUT2D eigenvalue weighted by atomic mass is 9.99. The molecule has 0 saturated heterocycles. The van der Waals surface area contributed by atoms with Crippen LogP contribution in [0.25, 0.3) is 0 Å². The first-order valence-corrected chi connectivity index (χ1v) is 30.3. The average molecular weight is 948 g/mol. The molecule has 0 fully saturated rings. The Hall–Kier alpha value is -1.59. The second-order valence-corrected chi connectivity index (χ2v) is 21.7. The Bertz CT molecular complexity index is 1030. The van der Waals surface area contributed by atoms with E-state index in [9.17, 15) is 14.4 Å². The molecule has 6 heteroatoms. The molecule has 1 unspecified atom stereocenters. The van der Waals surface area contributed by atoms with Gasteiger partial charge in [-0.1, -0.05) is 304 Å². The van der Waals surface area contributed by atoms with Crippen LogP contribution >= 0.6 is 0 Å². The first-order chi connectivity index (χ1) is 32.8. The second kappa shape index (κ2) is 53.8. The van der Waals surface area contributed by atoms with Crippen LogP contribution in [0, 0.1) is 11.8 Å². The van der Waals surface area contributed by atoms with Gasteiger partial charge in [-0.25, -0.2) is 0 Å². The number of carbonyl (C=O) groups excluding carboxylic acids is 3. The van der Waals surface area contributed by atoms with E-state index >= 15 is 0 Å². The van der Waals surface area contributed by atoms with Crippen molar-refractivity contribution in [2.75, 3.05) is 13.2 Å². The molecular weight excluding hydrogens is 829 g/mol. The molecule has 0 bridgehead atoms. The van der Waals surface area contributed by atoms with Crippen molar-refractivity contribution in [3.8, 4) is 0 Å². The zero-order valence-electron chi connectivity index (χ0n) is 46.0. The van der Waals surface area contributed by atoms with Crippen molar-refractivity contribution in [3.63, 3.8) is 0 Å². The maximum absolute atomic E-state index is 12.9. The summed E-state index contributed by atoms with van der Waals surface area (Å²) in [5.41, 5.74) is 0. The van der Waals surface area contributed by atoms with Crippen LogP contribution in [0.3, 0.4) is 0 Å². The molecule has 0 aromatic carbocycles. The van der Waals surface area contributed by atoms with E-state index in [1.807, 2.05) is 0 Å². The average Bonchev–Trinajstić information content (AvgIpc) is 3.31. The highest BCUT2D eigenvalue weighted by Gasteiger charge is 2.19. The van der Waals surface area contributed by atoms with Crippen molar-refractivity contribution in [2.24, 2.45) is 11.8 Å². The number of hydrogen-bond donors (Lipinski definition) is 0. The summed E-state index contributed by atoms with van der Waals surface area (Å²) in [7, 11) is 0. The van der Waals surface area contributed by atoms with E-state index in [2.05, 4.69) is 34.6 Å². The van der Waals surface area contributed by atoms with E-state index in [1.54, 1.807) is 0 Å². The van der Waals surface area contributed by atoms with Crippen LogP contribution < -0.4 is 0 Å². The third-order valence-electron chi connectivity index (χ3n) is 14.3. The van der Waals surface area contributed by atoms with Crippen LogP contribution in [0.5, 0.6) is 0 Å². The van der Waals surface area contributed by atoms with Crippen molar-refractivity contribution in [3.05, 3.63) is 0 Å². The molecule has 0 radical (unpaired) electrons. The molecule has 398 valence electrons. The number of carbonyl (C=O) groups is 3. The summed E-state index contributed by atoms with van der Waals surface area (Å²) in [5.74, 6) is 0.916. The second-order valence-electron chi connectivity index (χ2n) is 21.7. The molecule has 0 aliphatic heterocycles. The third kappa shape index (κ3) is 53.6. The van der Waals surface area contributed by atoms with E-state index < -0.39 is 6.10 Å². The lowest BCUT2D eigenvalue weighted by Gasteiger charge is -2.18. The number of rotatable bonds is 55. The van der Waals surface area contributed by atoms with Crippen molar-refractivity contribution in [2.45, 2.75) is 349 Å². The summed E-state index contributed by atoms with van der Waals surface area (Å²) < 4.78 is 16.9. The van der Waals surface area contributed by atoms with Crippen LogP contribution in [0.1, 0.15) is 343 Å². The molecule has 0 aliphatic carbocycles. The van der Waals surface area contributed by atoms with Gasteiger partial charge in [0.1, 0.15) is 13.2 Å². The molecule has 0 saturated carbocycles. The van der Waals surface area contributed by atoms with Crippen molar-refractivity contribution >= 4 is 17.9 Å². The van der Waals surface area contributed by atoms with Gasteiger partial charge in [0, 0.05) is 19.3 Å². The van der Waals surface area contributed by atoms with Crippen molar-refractivity contribution in [1.29, 1.82) is 0 Å². The molecule has 0 spiro atoms. The van der Waals surface area contributed by atoms with Crippen LogP contribution in [-0.4, -0.2) is 37.2 Å². The van der Waals surface area contributed by atoms with Gasteiger partial charge in [-0.3, -0.25) is 14.4 Å². The van der Waals surface area contributed by atoms with Gasteiger partial charge in [0.15, 0.2) is 6.10 Å². The smallest absolute Gasteiger partial charge is 0.306 e. The zero-order chi connectivity index (χ0) is 48.9. The minimum absolute atomic E-state index is 0.0623. The van der Waals surface area contributed by atoms with Crippen LogP contribution in [0.15, 0.2) is 0 Å². The lowest BCUT2D eigenvalue weighted by Crippen LogP contribution is -2.30. The number of hydrogen-bond acceptors (Lipinski definition) is 6. The summed E-state index contributed by atoms with van der Waals surface area (Å²) >= 11 is 0. The van der Waals surface area contributed by atoms with Gasteiger partial charge in [-0.2, -0.15) is 0 Å². The summed E-state index contributed by atoms with van der Waals surface area (Å²) in [4.78, 5) is 38.1. The van der Waals surface area contributed by atoms with Crippen molar-refractivity contribution in [1.82, 2.24) is 0 Å². The van der Waals surface area contributed by atoms with Crippen molar-refractivity contribution < 1.29 is 28.6 Å². The predicted molar refractivity (Wildman–Crippen MR) is 289 cm³/mol. The Morgan fingerprint density at radius 1 is 0.313 bits per heavy atom. The molecule has 0 aromatic heterocycles. The largest absolute Gasteiger partial charge is 0.462 e. The molecule has 6 nitrogen and oxygen atoms in total. The normalized spacial score (nSPS) is 12.4. The fraction of sp³-hybridized carbons (Fsp3) is 0.951. The van der Waals surface area contributed by atoms with Gasteiger partial charge < -0.3 is 14.2 Å². The number of esters is 3. The highest BCUT2D eigenvalue weighted by Crippen LogP contribution is 2.19. The molecule has 0 aromatic rings. The summed E-state index contributed by atoms with van der Waals surface area (Å²) in [6, 6.07) is 0. The monoisotopic (exact) mass is 947 g/mol. The van der Waals surface area contributed by atoms with E-state index in [4.69, 9.17) is 14.2 Å². The lowest BCUT2D eigenvalue weighted by molar-refractivity contribution is -0.167. The topological polar surface area (TPSA) is 78.9 Å². The van der Waals surface area contributed by atoms with Crippen LogP contribution in [0.4, 0.5) is 0 Å². The summed E-state index contributed by atoms with van der Waals surface area (Å²) in [5, 5.41) is 0. The number of unbranched alkanes of at least 4 members (excludes halogenated alkanes) is 39. The van der Waals surface area contributed by atoms with Gasteiger partial charge in [0.05, 0.1) is 0 Å². The van der Waals surface area contributed by atoms with E-state index in [1.165, 1.54) is 231 Å². The molecule has 0 heterocycles. The maximum Gasteiger partial charge on any atom is 0.306 e.